The molecule has 4 amide bonds. The molecule has 0 radical (unpaired) electrons. The normalized spacial score (nSPS) is 26.0. The SMILES string of the molecule is O=C(NN1C(=O)NC2(CCCCC2)C1=O)C1CCOCC1. The number of nitrogens with zero attached hydrogens (tertiary/aromatic N) is 1. The van der Waals surface area contributed by atoms with Crippen molar-refractivity contribution < 1.29 is 19.1 Å². The average molecular weight is 295 g/mol. The predicted molar refractivity (Wildman–Crippen MR) is 72.9 cm³/mol. The standard InChI is InChI=1S/C14H21N3O4/c18-11(10-4-8-21-9-5-10)16-17-12(19)14(15-13(17)20)6-2-1-3-7-14/h10H,1-9H2,(H,15,20)(H,16,18). The van der Waals surface area contributed by atoms with E-state index in [-0.39, 0.29) is 17.7 Å². The number of rotatable bonds is 2. The van der Waals surface area contributed by atoms with Crippen LogP contribution in [0.2, 0.25) is 0 Å². The van der Waals surface area contributed by atoms with E-state index in [4.69, 9.17) is 4.74 Å². The molecule has 0 unspecified atom stereocenters. The van der Waals surface area contributed by atoms with Crippen LogP contribution in [0.15, 0.2) is 0 Å². The topological polar surface area (TPSA) is 87.7 Å². The van der Waals surface area contributed by atoms with Gasteiger partial charge in [-0.25, -0.2) is 4.79 Å². The number of urea groups is 1. The smallest absolute Gasteiger partial charge is 0.344 e. The van der Waals surface area contributed by atoms with Crippen LogP contribution >= 0.6 is 0 Å². The highest BCUT2D eigenvalue weighted by Gasteiger charge is 2.52. The number of carbonyl (C=O) groups is 3. The third-order valence-corrected chi connectivity index (χ3v) is 4.68. The average Bonchev–Trinajstić information content (AvgIpc) is 2.73. The summed E-state index contributed by atoms with van der Waals surface area (Å²) < 4.78 is 5.21. The molecule has 116 valence electrons. The quantitative estimate of drug-likeness (QED) is 0.734. The molecule has 7 heteroatoms. The molecule has 0 bridgehead atoms. The fraction of sp³-hybridized carbons (Fsp3) is 0.786. The molecule has 3 fully saturated rings. The van der Waals surface area contributed by atoms with Crippen molar-refractivity contribution in [3.05, 3.63) is 0 Å². The van der Waals surface area contributed by atoms with Gasteiger partial charge in [-0.2, -0.15) is 5.01 Å². The highest BCUT2D eigenvalue weighted by atomic mass is 16.5. The van der Waals surface area contributed by atoms with Crippen molar-refractivity contribution in [1.82, 2.24) is 15.8 Å². The lowest BCUT2D eigenvalue weighted by molar-refractivity contribution is -0.142. The highest BCUT2D eigenvalue weighted by molar-refractivity contribution is 6.08. The van der Waals surface area contributed by atoms with Gasteiger partial charge in [-0.15, -0.1) is 0 Å². The first-order valence-corrected chi connectivity index (χ1v) is 7.67. The Labute approximate surface area is 123 Å². The monoisotopic (exact) mass is 295 g/mol. The number of hydrogen-bond donors (Lipinski definition) is 2. The summed E-state index contributed by atoms with van der Waals surface area (Å²) in [5.41, 5.74) is 1.70. The van der Waals surface area contributed by atoms with E-state index in [1.807, 2.05) is 0 Å². The van der Waals surface area contributed by atoms with Gasteiger partial charge in [-0.1, -0.05) is 19.3 Å². The van der Waals surface area contributed by atoms with Gasteiger partial charge in [0.1, 0.15) is 5.54 Å². The van der Waals surface area contributed by atoms with Gasteiger partial charge < -0.3 is 10.1 Å². The number of hydrazine groups is 1. The van der Waals surface area contributed by atoms with Crippen LogP contribution in [0.5, 0.6) is 0 Å². The van der Waals surface area contributed by atoms with Gasteiger partial charge in [0.15, 0.2) is 0 Å². The number of imide groups is 1. The fourth-order valence-corrected chi connectivity index (χ4v) is 3.38. The largest absolute Gasteiger partial charge is 0.381 e. The molecule has 0 aromatic heterocycles. The van der Waals surface area contributed by atoms with Crippen molar-refractivity contribution in [3.63, 3.8) is 0 Å². The van der Waals surface area contributed by atoms with Gasteiger partial charge in [0, 0.05) is 19.1 Å². The molecule has 2 saturated heterocycles. The van der Waals surface area contributed by atoms with Crippen LogP contribution in [-0.4, -0.2) is 41.6 Å². The lowest BCUT2D eigenvalue weighted by atomic mass is 9.82. The lowest BCUT2D eigenvalue weighted by Crippen LogP contribution is -2.52. The summed E-state index contributed by atoms with van der Waals surface area (Å²) in [6.45, 7) is 1.09. The number of ether oxygens (including phenoxy) is 1. The highest BCUT2D eigenvalue weighted by Crippen LogP contribution is 2.33. The van der Waals surface area contributed by atoms with Crippen molar-refractivity contribution in [2.45, 2.75) is 50.5 Å². The molecule has 1 aliphatic carbocycles. The van der Waals surface area contributed by atoms with Crippen molar-refractivity contribution in [2.75, 3.05) is 13.2 Å². The second-order valence-corrected chi connectivity index (χ2v) is 6.08. The number of nitrogens with one attached hydrogen (secondary N) is 2. The molecular weight excluding hydrogens is 274 g/mol. The van der Waals surface area contributed by atoms with Crippen LogP contribution in [0, 0.1) is 5.92 Å². The molecule has 0 aromatic rings. The molecule has 7 nitrogen and oxygen atoms in total. The Hall–Kier alpha value is -1.63. The molecule has 21 heavy (non-hydrogen) atoms. The van der Waals surface area contributed by atoms with Crippen LogP contribution in [0.1, 0.15) is 44.9 Å². The van der Waals surface area contributed by atoms with Gasteiger partial charge >= 0.3 is 6.03 Å². The zero-order valence-electron chi connectivity index (χ0n) is 12.0. The molecule has 2 N–H and O–H groups in total. The van der Waals surface area contributed by atoms with Crippen LogP contribution in [0.25, 0.3) is 0 Å². The predicted octanol–water partition coefficient (Wildman–Crippen LogP) is 0.699. The third kappa shape index (κ3) is 2.62. The maximum Gasteiger partial charge on any atom is 0.344 e. The zero-order valence-corrected chi connectivity index (χ0v) is 12.0. The van der Waals surface area contributed by atoms with E-state index in [0.717, 1.165) is 24.3 Å². The number of hydrogen-bond acceptors (Lipinski definition) is 4. The van der Waals surface area contributed by atoms with Crippen LogP contribution in [0.4, 0.5) is 4.79 Å². The van der Waals surface area contributed by atoms with E-state index < -0.39 is 11.6 Å². The minimum Gasteiger partial charge on any atom is -0.381 e. The molecule has 1 saturated carbocycles. The van der Waals surface area contributed by atoms with Gasteiger partial charge in [0.05, 0.1) is 0 Å². The van der Waals surface area contributed by atoms with E-state index in [2.05, 4.69) is 10.7 Å². The van der Waals surface area contributed by atoms with Crippen LogP contribution in [-0.2, 0) is 14.3 Å². The van der Waals surface area contributed by atoms with E-state index in [0.29, 0.717) is 38.9 Å². The van der Waals surface area contributed by atoms with Gasteiger partial charge in [0.25, 0.3) is 5.91 Å². The van der Waals surface area contributed by atoms with Crippen molar-refractivity contribution >= 4 is 17.8 Å². The Bertz CT molecular complexity index is 453. The summed E-state index contributed by atoms with van der Waals surface area (Å²) in [5.74, 6) is -0.774. The summed E-state index contributed by atoms with van der Waals surface area (Å²) in [5, 5.41) is 3.65. The molecule has 3 rings (SSSR count). The Morgan fingerprint density at radius 1 is 1.19 bits per heavy atom. The Balaban J connectivity index is 1.66. The molecule has 1 spiro atoms. The van der Waals surface area contributed by atoms with E-state index in [1.54, 1.807) is 0 Å². The first-order valence-electron chi connectivity index (χ1n) is 7.67. The second kappa shape index (κ2) is 5.63. The summed E-state index contributed by atoms with van der Waals surface area (Å²) in [4.78, 5) is 36.7. The lowest BCUT2D eigenvalue weighted by Gasteiger charge is -2.30. The van der Waals surface area contributed by atoms with Gasteiger partial charge in [-0.05, 0) is 25.7 Å². The Kier molecular flexibility index (Phi) is 3.84. The Morgan fingerprint density at radius 2 is 1.86 bits per heavy atom. The van der Waals surface area contributed by atoms with Crippen molar-refractivity contribution in [2.24, 2.45) is 5.92 Å². The molecular formula is C14H21N3O4. The maximum absolute atomic E-state index is 12.5. The molecule has 3 aliphatic rings. The second-order valence-electron chi connectivity index (χ2n) is 6.08. The Morgan fingerprint density at radius 3 is 2.52 bits per heavy atom. The molecule has 0 atom stereocenters. The van der Waals surface area contributed by atoms with Crippen molar-refractivity contribution in [3.8, 4) is 0 Å². The number of carbonyl (C=O) groups excluding carboxylic acids is 3. The molecule has 0 aromatic carbocycles. The van der Waals surface area contributed by atoms with Crippen LogP contribution < -0.4 is 10.7 Å². The first-order chi connectivity index (χ1) is 10.1. The molecule has 2 aliphatic heterocycles. The fourth-order valence-electron chi connectivity index (χ4n) is 3.38. The van der Waals surface area contributed by atoms with Crippen LogP contribution in [0.3, 0.4) is 0 Å². The molecule has 2 heterocycles. The van der Waals surface area contributed by atoms with Gasteiger partial charge in [-0.3, -0.25) is 15.0 Å². The van der Waals surface area contributed by atoms with E-state index in [9.17, 15) is 14.4 Å². The minimum atomic E-state index is -0.793. The third-order valence-electron chi connectivity index (χ3n) is 4.68. The van der Waals surface area contributed by atoms with E-state index in [1.165, 1.54) is 0 Å². The van der Waals surface area contributed by atoms with E-state index >= 15 is 0 Å². The maximum atomic E-state index is 12.5. The minimum absolute atomic E-state index is 0.192. The first kappa shape index (κ1) is 14.3. The number of amides is 4. The van der Waals surface area contributed by atoms with Gasteiger partial charge in [0.2, 0.25) is 5.91 Å². The van der Waals surface area contributed by atoms with Crippen molar-refractivity contribution in [1.29, 1.82) is 0 Å². The zero-order chi connectivity index (χ0) is 14.9. The summed E-state index contributed by atoms with van der Waals surface area (Å²) >= 11 is 0. The summed E-state index contributed by atoms with van der Waals surface area (Å²) in [6, 6.07) is -0.512. The summed E-state index contributed by atoms with van der Waals surface area (Å²) in [7, 11) is 0. The summed E-state index contributed by atoms with van der Waals surface area (Å²) in [6.07, 6.45) is 5.49.